The van der Waals surface area contributed by atoms with Gasteiger partial charge in [-0.3, -0.25) is 0 Å². The summed E-state index contributed by atoms with van der Waals surface area (Å²) in [5, 5.41) is 6.79. The van der Waals surface area contributed by atoms with Gasteiger partial charge in [-0.15, -0.1) is 0 Å². The predicted octanol–water partition coefficient (Wildman–Crippen LogP) is 4.22. The summed E-state index contributed by atoms with van der Waals surface area (Å²) in [5.41, 5.74) is 2.03. The summed E-state index contributed by atoms with van der Waals surface area (Å²) in [7, 11) is 3.82. The van der Waals surface area contributed by atoms with Gasteiger partial charge in [-0.2, -0.15) is 4.98 Å². The number of anilines is 3. The van der Waals surface area contributed by atoms with Crippen molar-refractivity contribution in [2.75, 3.05) is 64.1 Å². The van der Waals surface area contributed by atoms with Crippen molar-refractivity contribution in [3.05, 3.63) is 42.7 Å². The second kappa shape index (κ2) is 11.4. The Labute approximate surface area is 203 Å². The van der Waals surface area contributed by atoms with Crippen LogP contribution in [0.25, 0.3) is 0 Å². The molecule has 1 atom stereocenters. The highest BCUT2D eigenvalue weighted by Crippen LogP contribution is 2.32. The molecule has 2 aromatic rings. The number of rotatable bonds is 10. The molecule has 0 saturated carbocycles. The van der Waals surface area contributed by atoms with Crippen LogP contribution in [0, 0.1) is 11.8 Å². The number of ether oxygens (including phenoxy) is 2. The van der Waals surface area contributed by atoms with Gasteiger partial charge in [0.25, 0.3) is 0 Å². The summed E-state index contributed by atoms with van der Waals surface area (Å²) in [6.45, 7) is 12.1. The standard InChI is InChI=1S/C26H38N6O2/c1-19(2)32-13-9-20(10-14-32)16-28-25-7-11-27-26(30-25)29-22-5-6-23(33-4)24(15-22)34-18-21-8-12-31(3)17-21/h5-7,11,15,20-21H,1,8-10,12-14,16-18H2,2-4H3,(H2,27,28,29,30). The summed E-state index contributed by atoms with van der Waals surface area (Å²) >= 11 is 0. The lowest BCUT2D eigenvalue weighted by Crippen LogP contribution is -2.34. The van der Waals surface area contributed by atoms with Crippen molar-refractivity contribution in [1.29, 1.82) is 0 Å². The van der Waals surface area contributed by atoms with E-state index < -0.39 is 0 Å². The highest BCUT2D eigenvalue weighted by molar-refractivity contribution is 5.60. The van der Waals surface area contributed by atoms with E-state index in [-0.39, 0.29) is 0 Å². The van der Waals surface area contributed by atoms with Crippen LogP contribution in [-0.2, 0) is 0 Å². The summed E-state index contributed by atoms with van der Waals surface area (Å²) in [4.78, 5) is 13.7. The molecule has 1 aromatic heterocycles. The van der Waals surface area contributed by atoms with Gasteiger partial charge in [0.1, 0.15) is 5.82 Å². The molecule has 2 saturated heterocycles. The predicted molar refractivity (Wildman–Crippen MR) is 137 cm³/mol. The lowest BCUT2D eigenvalue weighted by Gasteiger charge is -2.33. The molecule has 1 unspecified atom stereocenters. The van der Waals surface area contributed by atoms with E-state index in [2.05, 4.69) is 51.0 Å². The Bertz CT molecular complexity index is 960. The van der Waals surface area contributed by atoms with Crippen LogP contribution in [0.1, 0.15) is 26.2 Å². The van der Waals surface area contributed by atoms with Crippen LogP contribution in [0.15, 0.2) is 42.7 Å². The molecule has 2 fully saturated rings. The molecule has 8 nitrogen and oxygen atoms in total. The largest absolute Gasteiger partial charge is 0.493 e. The second-order valence-corrected chi connectivity index (χ2v) is 9.53. The molecule has 2 aliphatic heterocycles. The molecule has 1 aromatic carbocycles. The molecular weight excluding hydrogens is 428 g/mol. The maximum Gasteiger partial charge on any atom is 0.229 e. The minimum atomic E-state index is 0.547. The van der Waals surface area contributed by atoms with Crippen molar-refractivity contribution in [2.24, 2.45) is 11.8 Å². The fraction of sp³-hybridized carbons (Fsp3) is 0.538. The number of piperidine rings is 1. The first-order valence-electron chi connectivity index (χ1n) is 12.2. The molecule has 2 N–H and O–H groups in total. The number of benzene rings is 1. The minimum Gasteiger partial charge on any atom is -0.493 e. The van der Waals surface area contributed by atoms with Gasteiger partial charge in [0.05, 0.1) is 13.7 Å². The minimum absolute atomic E-state index is 0.547. The first-order valence-corrected chi connectivity index (χ1v) is 12.2. The average molecular weight is 467 g/mol. The molecule has 0 aliphatic carbocycles. The lowest BCUT2D eigenvalue weighted by molar-refractivity contribution is 0.234. The van der Waals surface area contributed by atoms with Crippen LogP contribution >= 0.6 is 0 Å². The summed E-state index contributed by atoms with van der Waals surface area (Å²) in [6.07, 6.45) is 5.28. The molecule has 184 valence electrons. The van der Waals surface area contributed by atoms with E-state index in [1.54, 1.807) is 13.3 Å². The lowest BCUT2D eigenvalue weighted by atomic mass is 9.96. The third-order valence-electron chi connectivity index (χ3n) is 6.77. The van der Waals surface area contributed by atoms with Gasteiger partial charge in [0.2, 0.25) is 5.95 Å². The number of nitrogens with one attached hydrogen (secondary N) is 2. The van der Waals surface area contributed by atoms with Crippen LogP contribution < -0.4 is 20.1 Å². The number of hydrogen-bond donors (Lipinski definition) is 2. The van der Waals surface area contributed by atoms with Crippen molar-refractivity contribution in [3.63, 3.8) is 0 Å². The van der Waals surface area contributed by atoms with E-state index in [4.69, 9.17) is 9.47 Å². The Kier molecular flexibility index (Phi) is 8.11. The van der Waals surface area contributed by atoms with Gasteiger partial charge in [-0.25, -0.2) is 4.98 Å². The van der Waals surface area contributed by atoms with Gasteiger partial charge < -0.3 is 29.9 Å². The number of aromatic nitrogens is 2. The smallest absolute Gasteiger partial charge is 0.229 e. The zero-order valence-corrected chi connectivity index (χ0v) is 20.7. The van der Waals surface area contributed by atoms with Crippen LogP contribution in [0.3, 0.4) is 0 Å². The SMILES string of the molecule is C=C(C)N1CCC(CNc2ccnc(Nc3ccc(OC)c(OCC4CCN(C)C4)c3)n2)CC1. The molecule has 0 radical (unpaired) electrons. The van der Waals surface area contributed by atoms with E-state index in [1.807, 2.05) is 24.3 Å². The first-order chi connectivity index (χ1) is 16.5. The zero-order chi connectivity index (χ0) is 23.9. The zero-order valence-electron chi connectivity index (χ0n) is 20.7. The van der Waals surface area contributed by atoms with Gasteiger partial charge in [-0.05, 0) is 63.9 Å². The van der Waals surface area contributed by atoms with E-state index >= 15 is 0 Å². The molecule has 0 bridgehead atoms. The maximum atomic E-state index is 6.14. The number of nitrogens with zero attached hydrogens (tertiary/aromatic N) is 4. The summed E-state index contributed by atoms with van der Waals surface area (Å²) in [5.74, 6) is 4.03. The summed E-state index contributed by atoms with van der Waals surface area (Å²) < 4.78 is 11.6. The van der Waals surface area contributed by atoms with E-state index in [9.17, 15) is 0 Å². The van der Waals surface area contributed by atoms with E-state index in [1.165, 1.54) is 12.8 Å². The van der Waals surface area contributed by atoms with Crippen molar-refractivity contribution in [1.82, 2.24) is 19.8 Å². The Morgan fingerprint density at radius 3 is 2.62 bits per heavy atom. The molecule has 4 rings (SSSR count). The van der Waals surface area contributed by atoms with Gasteiger partial charge >= 0.3 is 0 Å². The van der Waals surface area contributed by atoms with E-state index in [0.717, 1.165) is 67.8 Å². The number of methoxy groups -OCH3 is 1. The van der Waals surface area contributed by atoms with Gasteiger partial charge in [0, 0.05) is 55.7 Å². The Hall–Kier alpha value is -3.00. The Balaban J connectivity index is 1.32. The van der Waals surface area contributed by atoms with E-state index in [0.29, 0.717) is 24.4 Å². The highest BCUT2D eigenvalue weighted by atomic mass is 16.5. The molecule has 0 spiro atoms. The molecular formula is C26H38N6O2. The monoisotopic (exact) mass is 466 g/mol. The fourth-order valence-corrected chi connectivity index (χ4v) is 4.65. The normalized spacial score (nSPS) is 19.1. The van der Waals surface area contributed by atoms with Crippen LogP contribution in [0.5, 0.6) is 11.5 Å². The van der Waals surface area contributed by atoms with Crippen LogP contribution in [0.2, 0.25) is 0 Å². The quantitative estimate of drug-likeness (QED) is 0.539. The maximum absolute atomic E-state index is 6.14. The highest BCUT2D eigenvalue weighted by Gasteiger charge is 2.21. The van der Waals surface area contributed by atoms with Crippen molar-refractivity contribution < 1.29 is 9.47 Å². The fourth-order valence-electron chi connectivity index (χ4n) is 4.65. The van der Waals surface area contributed by atoms with Crippen molar-refractivity contribution in [3.8, 4) is 11.5 Å². The molecule has 8 heteroatoms. The topological polar surface area (TPSA) is 74.8 Å². The van der Waals surface area contributed by atoms with Crippen molar-refractivity contribution in [2.45, 2.75) is 26.2 Å². The Morgan fingerprint density at radius 2 is 1.91 bits per heavy atom. The Morgan fingerprint density at radius 1 is 1.12 bits per heavy atom. The number of hydrogen-bond acceptors (Lipinski definition) is 8. The molecule has 34 heavy (non-hydrogen) atoms. The number of likely N-dealkylation sites (tertiary alicyclic amines) is 2. The molecule has 2 aliphatic rings. The number of allylic oxidation sites excluding steroid dienone is 1. The van der Waals surface area contributed by atoms with Crippen LogP contribution in [-0.4, -0.2) is 73.3 Å². The van der Waals surface area contributed by atoms with Crippen LogP contribution in [0.4, 0.5) is 17.5 Å². The first kappa shape index (κ1) is 24.1. The van der Waals surface area contributed by atoms with Gasteiger partial charge in [-0.1, -0.05) is 6.58 Å². The third-order valence-corrected chi connectivity index (χ3v) is 6.77. The second-order valence-electron chi connectivity index (χ2n) is 9.53. The average Bonchev–Trinajstić information content (AvgIpc) is 3.27. The summed E-state index contributed by atoms with van der Waals surface area (Å²) in [6, 6.07) is 7.73. The molecule has 3 heterocycles. The van der Waals surface area contributed by atoms with Crippen molar-refractivity contribution >= 4 is 17.5 Å². The molecule has 0 amide bonds. The van der Waals surface area contributed by atoms with Gasteiger partial charge in [0.15, 0.2) is 11.5 Å². The third kappa shape index (κ3) is 6.53.